The zero-order valence-corrected chi connectivity index (χ0v) is 15.0. The molecule has 1 aromatic heterocycles. The molecule has 3 aromatic rings. The van der Waals surface area contributed by atoms with Crippen LogP contribution in [0.1, 0.15) is 37.3 Å². The molecule has 1 N–H and O–H groups in total. The maximum atomic E-state index is 5.99. The highest BCUT2D eigenvalue weighted by atomic mass is 35.5. The minimum absolute atomic E-state index is 0.785. The highest BCUT2D eigenvalue weighted by Gasteiger charge is 2.08. The van der Waals surface area contributed by atoms with Gasteiger partial charge in [-0.3, -0.25) is 0 Å². The first kappa shape index (κ1) is 17.1. The Hall–Kier alpha value is -1.77. The first-order chi connectivity index (χ1) is 11.8. The third kappa shape index (κ3) is 4.19. The predicted molar refractivity (Wildman–Crippen MR) is 104 cm³/mol. The zero-order valence-electron chi connectivity index (χ0n) is 14.3. The van der Waals surface area contributed by atoms with E-state index in [1.165, 1.54) is 41.3 Å². The van der Waals surface area contributed by atoms with Crippen LogP contribution < -0.4 is 5.32 Å². The average Bonchev–Trinajstić information content (AvgIpc) is 2.95. The molecular weight excluding hydrogens is 316 g/mol. The molecule has 0 aliphatic carbocycles. The molecule has 0 fully saturated rings. The van der Waals surface area contributed by atoms with Crippen LogP contribution in [0.15, 0.2) is 54.7 Å². The Bertz CT molecular complexity index is 774. The van der Waals surface area contributed by atoms with E-state index >= 15 is 0 Å². The second kappa shape index (κ2) is 8.36. The van der Waals surface area contributed by atoms with E-state index in [-0.39, 0.29) is 0 Å². The van der Waals surface area contributed by atoms with E-state index in [9.17, 15) is 0 Å². The van der Waals surface area contributed by atoms with Crippen LogP contribution in [-0.4, -0.2) is 11.1 Å². The van der Waals surface area contributed by atoms with Crippen molar-refractivity contribution in [3.05, 3.63) is 70.9 Å². The van der Waals surface area contributed by atoms with Gasteiger partial charge in [-0.15, -0.1) is 0 Å². The molecule has 0 aliphatic rings. The number of benzene rings is 2. The second-order valence-corrected chi connectivity index (χ2v) is 6.75. The van der Waals surface area contributed by atoms with E-state index in [0.717, 1.165) is 24.7 Å². The van der Waals surface area contributed by atoms with Gasteiger partial charge in [0.15, 0.2) is 0 Å². The van der Waals surface area contributed by atoms with Crippen molar-refractivity contribution in [2.75, 3.05) is 6.54 Å². The molecule has 0 atom stereocenters. The lowest BCUT2D eigenvalue weighted by atomic mass is 10.1. The summed E-state index contributed by atoms with van der Waals surface area (Å²) in [5, 5.41) is 5.71. The number of nitrogens with one attached hydrogen (secondary N) is 1. The number of unbranched alkanes of at least 4 members (excludes halogenated alkanes) is 2. The van der Waals surface area contributed by atoms with Gasteiger partial charge in [0.2, 0.25) is 0 Å². The van der Waals surface area contributed by atoms with Gasteiger partial charge in [0.1, 0.15) is 0 Å². The standard InChI is InChI=1S/C21H25ClN2/c1-2-3-6-13-23-14-18-16-24(21-8-5-4-7-20(18)21)15-17-9-11-19(22)12-10-17/h4-5,7-12,16,23H,2-3,6,13-15H2,1H3. The normalized spacial score (nSPS) is 11.2. The molecule has 3 rings (SSSR count). The minimum atomic E-state index is 0.785. The summed E-state index contributed by atoms with van der Waals surface area (Å²) in [6, 6.07) is 16.8. The lowest BCUT2D eigenvalue weighted by molar-refractivity contribution is 0.617. The van der Waals surface area contributed by atoms with E-state index in [1.54, 1.807) is 0 Å². The van der Waals surface area contributed by atoms with Crippen LogP contribution in [0, 0.1) is 0 Å². The van der Waals surface area contributed by atoms with Crippen molar-refractivity contribution in [2.24, 2.45) is 0 Å². The summed E-state index contributed by atoms with van der Waals surface area (Å²) in [5.41, 5.74) is 3.93. The number of hydrogen-bond acceptors (Lipinski definition) is 1. The van der Waals surface area contributed by atoms with Gasteiger partial charge in [-0.1, -0.05) is 61.7 Å². The summed E-state index contributed by atoms with van der Waals surface area (Å²) < 4.78 is 2.33. The average molecular weight is 341 g/mol. The minimum Gasteiger partial charge on any atom is -0.343 e. The first-order valence-corrected chi connectivity index (χ1v) is 9.17. The first-order valence-electron chi connectivity index (χ1n) is 8.80. The van der Waals surface area contributed by atoms with Gasteiger partial charge in [-0.25, -0.2) is 0 Å². The van der Waals surface area contributed by atoms with Crippen LogP contribution in [0.5, 0.6) is 0 Å². The Kier molecular flexibility index (Phi) is 5.95. The smallest absolute Gasteiger partial charge is 0.0486 e. The molecule has 0 unspecified atom stereocenters. The molecule has 0 bridgehead atoms. The van der Waals surface area contributed by atoms with Crippen molar-refractivity contribution in [3.8, 4) is 0 Å². The van der Waals surface area contributed by atoms with Crippen molar-refractivity contribution < 1.29 is 0 Å². The Labute approximate surface area is 149 Å². The molecule has 126 valence electrons. The van der Waals surface area contributed by atoms with Gasteiger partial charge in [0.05, 0.1) is 0 Å². The Morgan fingerprint density at radius 3 is 2.58 bits per heavy atom. The second-order valence-electron chi connectivity index (χ2n) is 6.31. The SMILES string of the molecule is CCCCCNCc1cn(Cc2ccc(Cl)cc2)c2ccccc12. The van der Waals surface area contributed by atoms with Crippen LogP contribution in [0.4, 0.5) is 0 Å². The van der Waals surface area contributed by atoms with Crippen LogP contribution in [-0.2, 0) is 13.1 Å². The molecule has 0 radical (unpaired) electrons. The van der Waals surface area contributed by atoms with Crippen LogP contribution in [0.2, 0.25) is 5.02 Å². The summed E-state index contributed by atoms with van der Waals surface area (Å²) in [7, 11) is 0. The highest BCUT2D eigenvalue weighted by molar-refractivity contribution is 6.30. The van der Waals surface area contributed by atoms with Gasteiger partial charge < -0.3 is 9.88 Å². The number of rotatable bonds is 8. The summed E-state index contributed by atoms with van der Waals surface area (Å²) in [6.07, 6.45) is 6.10. The third-order valence-corrected chi connectivity index (χ3v) is 4.66. The monoisotopic (exact) mass is 340 g/mol. The van der Waals surface area contributed by atoms with Crippen molar-refractivity contribution in [1.29, 1.82) is 0 Å². The van der Waals surface area contributed by atoms with Crippen molar-refractivity contribution >= 4 is 22.5 Å². The molecule has 2 aromatic carbocycles. The van der Waals surface area contributed by atoms with Crippen LogP contribution >= 0.6 is 11.6 Å². The number of para-hydroxylation sites is 1. The maximum absolute atomic E-state index is 5.99. The highest BCUT2D eigenvalue weighted by Crippen LogP contribution is 2.23. The summed E-state index contributed by atoms with van der Waals surface area (Å²) in [6.45, 7) is 5.13. The number of aromatic nitrogens is 1. The molecule has 1 heterocycles. The quantitative estimate of drug-likeness (QED) is 0.526. The summed E-state index contributed by atoms with van der Waals surface area (Å²) in [5.74, 6) is 0. The van der Waals surface area contributed by atoms with Crippen LogP contribution in [0.25, 0.3) is 10.9 Å². The molecule has 0 saturated carbocycles. The van der Waals surface area contributed by atoms with Gasteiger partial charge in [-0.2, -0.15) is 0 Å². The molecule has 24 heavy (non-hydrogen) atoms. The molecule has 0 aliphatic heterocycles. The van der Waals surface area contributed by atoms with Gasteiger partial charge >= 0.3 is 0 Å². The van der Waals surface area contributed by atoms with Gasteiger partial charge in [-0.05, 0) is 42.3 Å². The molecule has 2 nitrogen and oxygen atoms in total. The maximum Gasteiger partial charge on any atom is 0.0486 e. The lowest BCUT2D eigenvalue weighted by Crippen LogP contribution is -2.14. The van der Waals surface area contributed by atoms with Gasteiger partial charge in [0.25, 0.3) is 0 Å². The van der Waals surface area contributed by atoms with E-state index in [0.29, 0.717) is 0 Å². The Morgan fingerprint density at radius 2 is 1.79 bits per heavy atom. The lowest BCUT2D eigenvalue weighted by Gasteiger charge is -2.05. The predicted octanol–water partition coefficient (Wildman–Crippen LogP) is 5.62. The molecule has 0 saturated heterocycles. The fourth-order valence-electron chi connectivity index (χ4n) is 3.10. The van der Waals surface area contributed by atoms with E-state index in [4.69, 9.17) is 11.6 Å². The van der Waals surface area contributed by atoms with Crippen molar-refractivity contribution in [3.63, 3.8) is 0 Å². The number of nitrogens with zero attached hydrogens (tertiary/aromatic N) is 1. The molecule has 0 spiro atoms. The summed E-state index contributed by atoms with van der Waals surface area (Å²) >= 11 is 5.99. The number of halogens is 1. The fraction of sp³-hybridized carbons (Fsp3) is 0.333. The van der Waals surface area contributed by atoms with Gasteiger partial charge in [0, 0.05) is 35.2 Å². The Balaban J connectivity index is 1.77. The van der Waals surface area contributed by atoms with Crippen molar-refractivity contribution in [2.45, 2.75) is 39.3 Å². The molecular formula is C21H25ClN2. The van der Waals surface area contributed by atoms with E-state index in [1.807, 2.05) is 12.1 Å². The number of fused-ring (bicyclic) bond motifs is 1. The fourth-order valence-corrected chi connectivity index (χ4v) is 3.23. The zero-order chi connectivity index (χ0) is 16.8. The van der Waals surface area contributed by atoms with E-state index < -0.39 is 0 Å². The summed E-state index contributed by atoms with van der Waals surface area (Å²) in [4.78, 5) is 0. The van der Waals surface area contributed by atoms with Crippen molar-refractivity contribution in [1.82, 2.24) is 9.88 Å². The number of hydrogen-bond donors (Lipinski definition) is 1. The molecule has 3 heteroatoms. The largest absolute Gasteiger partial charge is 0.343 e. The topological polar surface area (TPSA) is 17.0 Å². The Morgan fingerprint density at radius 1 is 1.00 bits per heavy atom. The molecule has 0 amide bonds. The van der Waals surface area contributed by atoms with Crippen LogP contribution in [0.3, 0.4) is 0 Å². The third-order valence-electron chi connectivity index (χ3n) is 4.41. The van der Waals surface area contributed by atoms with E-state index in [2.05, 4.69) is 59.4 Å².